The zero-order valence-electron chi connectivity index (χ0n) is 24.6. The molecule has 1 N–H and O–H groups in total. The van der Waals surface area contributed by atoms with Gasteiger partial charge in [-0.25, -0.2) is 8.42 Å². The normalized spacial score (nSPS) is 12.9. The number of carbonyl (C=O) groups excluding carboxylic acids is 2. The first-order valence-electron chi connectivity index (χ1n) is 13.7. The van der Waals surface area contributed by atoms with Gasteiger partial charge in [-0.1, -0.05) is 60.5 Å². The predicted octanol–water partition coefficient (Wildman–Crippen LogP) is 5.45. The average Bonchev–Trinajstić information content (AvgIpc) is 2.91. The van der Waals surface area contributed by atoms with Gasteiger partial charge in [-0.3, -0.25) is 13.9 Å². The van der Waals surface area contributed by atoms with E-state index in [1.165, 1.54) is 4.90 Å². The third kappa shape index (κ3) is 7.50. The quantitative estimate of drug-likeness (QED) is 0.336. The number of anilines is 1. The van der Waals surface area contributed by atoms with E-state index >= 15 is 0 Å². The van der Waals surface area contributed by atoms with Gasteiger partial charge < -0.3 is 10.2 Å². The summed E-state index contributed by atoms with van der Waals surface area (Å²) in [4.78, 5) is 28.8. The maximum absolute atomic E-state index is 14.0. The number of hydrogen-bond donors (Lipinski definition) is 1. The molecule has 0 aliphatic heterocycles. The first-order chi connectivity index (χ1) is 18.8. The number of rotatable bonds is 11. The molecule has 2 atom stereocenters. The molecule has 7 nitrogen and oxygen atoms in total. The van der Waals surface area contributed by atoms with Gasteiger partial charge in [-0.05, 0) is 88.9 Å². The lowest BCUT2D eigenvalue weighted by Crippen LogP contribution is -2.52. The van der Waals surface area contributed by atoms with Gasteiger partial charge in [-0.15, -0.1) is 0 Å². The van der Waals surface area contributed by atoms with Gasteiger partial charge in [0.2, 0.25) is 11.8 Å². The highest BCUT2D eigenvalue weighted by Gasteiger charge is 2.33. The summed E-state index contributed by atoms with van der Waals surface area (Å²) in [6.45, 7) is 13.0. The minimum atomic E-state index is -4.09. The smallest absolute Gasteiger partial charge is 0.264 e. The van der Waals surface area contributed by atoms with E-state index in [1.807, 2.05) is 71.9 Å². The summed E-state index contributed by atoms with van der Waals surface area (Å²) in [5, 5.41) is 2.96. The van der Waals surface area contributed by atoms with Crippen molar-refractivity contribution in [1.29, 1.82) is 0 Å². The highest BCUT2D eigenvalue weighted by molar-refractivity contribution is 7.92. The molecule has 40 heavy (non-hydrogen) atoms. The van der Waals surface area contributed by atoms with Crippen molar-refractivity contribution in [1.82, 2.24) is 10.2 Å². The minimum absolute atomic E-state index is 0.0557. The fourth-order valence-electron chi connectivity index (χ4n) is 4.30. The van der Waals surface area contributed by atoms with Crippen LogP contribution in [0.25, 0.3) is 0 Å². The highest BCUT2D eigenvalue weighted by atomic mass is 32.2. The monoisotopic (exact) mass is 563 g/mol. The fraction of sp³-hybridized carbons (Fsp3) is 0.375. The van der Waals surface area contributed by atoms with Gasteiger partial charge in [0.1, 0.15) is 12.6 Å². The van der Waals surface area contributed by atoms with Gasteiger partial charge in [0.05, 0.1) is 10.6 Å². The zero-order valence-corrected chi connectivity index (χ0v) is 25.4. The number of nitrogens with one attached hydrogen (secondary N) is 1. The highest BCUT2D eigenvalue weighted by Crippen LogP contribution is 2.27. The Labute approximate surface area is 239 Å². The summed E-state index contributed by atoms with van der Waals surface area (Å²) in [5.74, 6) is -0.753. The zero-order chi connectivity index (χ0) is 29.6. The molecule has 3 rings (SSSR count). The molecule has 0 saturated carbocycles. The van der Waals surface area contributed by atoms with E-state index in [-0.39, 0.29) is 23.4 Å². The average molecular weight is 564 g/mol. The third-order valence-electron chi connectivity index (χ3n) is 7.27. The van der Waals surface area contributed by atoms with Crippen LogP contribution >= 0.6 is 0 Å². The van der Waals surface area contributed by atoms with E-state index in [9.17, 15) is 18.0 Å². The van der Waals surface area contributed by atoms with E-state index in [2.05, 4.69) is 5.32 Å². The van der Waals surface area contributed by atoms with Crippen LogP contribution in [-0.4, -0.2) is 43.8 Å². The molecule has 0 aliphatic carbocycles. The van der Waals surface area contributed by atoms with Crippen molar-refractivity contribution < 1.29 is 18.0 Å². The van der Waals surface area contributed by atoms with E-state index in [0.717, 1.165) is 38.5 Å². The molecule has 0 fully saturated rings. The molecule has 3 aromatic rings. The number of aryl methyl sites for hydroxylation is 4. The van der Waals surface area contributed by atoms with Crippen LogP contribution in [0.3, 0.4) is 0 Å². The maximum atomic E-state index is 14.0. The van der Waals surface area contributed by atoms with Gasteiger partial charge in [0.25, 0.3) is 10.0 Å². The first-order valence-corrected chi connectivity index (χ1v) is 15.1. The molecular weight excluding hydrogens is 522 g/mol. The second-order valence-electron chi connectivity index (χ2n) is 10.6. The van der Waals surface area contributed by atoms with Crippen molar-refractivity contribution in [3.8, 4) is 0 Å². The number of benzene rings is 3. The van der Waals surface area contributed by atoms with E-state index in [0.29, 0.717) is 5.69 Å². The second-order valence-corrected chi connectivity index (χ2v) is 12.5. The van der Waals surface area contributed by atoms with Gasteiger partial charge >= 0.3 is 0 Å². The van der Waals surface area contributed by atoms with Crippen LogP contribution in [0.2, 0.25) is 0 Å². The summed E-state index contributed by atoms with van der Waals surface area (Å²) in [6, 6.07) is 18.8. The van der Waals surface area contributed by atoms with Crippen LogP contribution in [0.4, 0.5) is 5.69 Å². The van der Waals surface area contributed by atoms with Crippen LogP contribution in [0.15, 0.2) is 71.6 Å². The molecule has 0 unspecified atom stereocenters. The summed E-state index contributed by atoms with van der Waals surface area (Å²) in [7, 11) is -4.09. The molecule has 0 bridgehead atoms. The van der Waals surface area contributed by atoms with E-state index < -0.39 is 28.5 Å². The Hall–Kier alpha value is -3.65. The molecule has 0 radical (unpaired) electrons. The van der Waals surface area contributed by atoms with Crippen LogP contribution in [0.1, 0.15) is 55.0 Å². The number of nitrogens with zero attached hydrogens (tertiary/aromatic N) is 2. The SMILES string of the molecule is CC[C@@H](C)NC(=O)[C@@H](C)N(Cc1cccc(C)c1)C(=O)CN(c1ccc(C)c(C)c1)S(=O)(=O)c1ccc(C)cc1. The predicted molar refractivity (Wildman–Crippen MR) is 161 cm³/mol. The summed E-state index contributed by atoms with van der Waals surface area (Å²) in [5.41, 5.74) is 5.13. The van der Waals surface area contributed by atoms with E-state index in [1.54, 1.807) is 43.3 Å². The van der Waals surface area contributed by atoms with Crippen molar-refractivity contribution in [2.45, 2.75) is 78.4 Å². The Morgan fingerprint density at radius 2 is 1.52 bits per heavy atom. The maximum Gasteiger partial charge on any atom is 0.264 e. The second kappa shape index (κ2) is 13.1. The molecule has 0 spiro atoms. The molecule has 0 heterocycles. The topological polar surface area (TPSA) is 86.8 Å². The molecule has 0 saturated heterocycles. The summed E-state index contributed by atoms with van der Waals surface area (Å²) >= 11 is 0. The van der Waals surface area contributed by atoms with Crippen molar-refractivity contribution in [3.63, 3.8) is 0 Å². The summed E-state index contributed by atoms with van der Waals surface area (Å²) in [6.07, 6.45) is 0.750. The van der Waals surface area contributed by atoms with Gasteiger partial charge in [0.15, 0.2) is 0 Å². The van der Waals surface area contributed by atoms with Crippen LogP contribution < -0.4 is 9.62 Å². The Balaban J connectivity index is 2.05. The molecule has 0 aliphatic rings. The van der Waals surface area contributed by atoms with Crippen molar-refractivity contribution >= 4 is 27.5 Å². The lowest BCUT2D eigenvalue weighted by atomic mass is 10.1. The lowest BCUT2D eigenvalue weighted by molar-refractivity contribution is -0.139. The van der Waals surface area contributed by atoms with Crippen LogP contribution in [-0.2, 0) is 26.2 Å². The van der Waals surface area contributed by atoms with E-state index in [4.69, 9.17) is 0 Å². The molecular formula is C32H41N3O4S. The number of sulfonamides is 1. The van der Waals surface area contributed by atoms with Gasteiger partial charge in [0, 0.05) is 12.6 Å². The summed E-state index contributed by atoms with van der Waals surface area (Å²) < 4.78 is 29.1. The standard InChI is InChI=1S/C32H41N3O4S/c1-8-26(6)33-32(37)27(7)34(20-28-11-9-10-23(3)18-28)31(36)21-35(29-15-14-24(4)25(5)19-29)40(38,39)30-16-12-22(2)13-17-30/h9-19,26-27H,8,20-21H2,1-7H3,(H,33,37)/t26-,27-/m1/s1. The van der Waals surface area contributed by atoms with Gasteiger partial charge in [-0.2, -0.15) is 0 Å². The Morgan fingerprint density at radius 1 is 0.850 bits per heavy atom. The van der Waals surface area contributed by atoms with Crippen molar-refractivity contribution in [2.24, 2.45) is 0 Å². The number of amides is 2. The molecule has 214 valence electrons. The Morgan fingerprint density at radius 3 is 2.12 bits per heavy atom. The number of carbonyl (C=O) groups is 2. The molecule has 3 aromatic carbocycles. The largest absolute Gasteiger partial charge is 0.352 e. The fourth-order valence-corrected chi connectivity index (χ4v) is 5.71. The van der Waals surface area contributed by atoms with Crippen molar-refractivity contribution in [2.75, 3.05) is 10.8 Å². The number of hydrogen-bond acceptors (Lipinski definition) is 4. The first kappa shape index (κ1) is 30.9. The minimum Gasteiger partial charge on any atom is -0.352 e. The molecule has 8 heteroatoms. The lowest BCUT2D eigenvalue weighted by Gasteiger charge is -2.32. The van der Waals surface area contributed by atoms with Crippen LogP contribution in [0.5, 0.6) is 0 Å². The Kier molecular flexibility index (Phi) is 10.1. The van der Waals surface area contributed by atoms with Crippen molar-refractivity contribution in [3.05, 3.63) is 94.5 Å². The third-order valence-corrected chi connectivity index (χ3v) is 9.06. The van der Waals surface area contributed by atoms with Crippen LogP contribution in [0, 0.1) is 27.7 Å². The molecule has 2 amide bonds. The Bertz CT molecular complexity index is 1450. The molecule has 0 aromatic heterocycles.